The lowest BCUT2D eigenvalue weighted by Gasteiger charge is -2.47. The van der Waals surface area contributed by atoms with Crippen LogP contribution in [0.25, 0.3) is 0 Å². The van der Waals surface area contributed by atoms with E-state index in [1.807, 2.05) is 4.90 Å². The highest BCUT2D eigenvalue weighted by molar-refractivity contribution is 5.39. The lowest BCUT2D eigenvalue weighted by Crippen LogP contribution is -2.53. The molecule has 1 saturated heterocycles. The fourth-order valence-electron chi connectivity index (χ4n) is 3.42. The summed E-state index contributed by atoms with van der Waals surface area (Å²) in [4.78, 5) is 1.93. The van der Waals surface area contributed by atoms with Crippen LogP contribution in [0.2, 0.25) is 0 Å². The van der Waals surface area contributed by atoms with Gasteiger partial charge in [0, 0.05) is 19.0 Å². The number of nitrogens with zero attached hydrogens (tertiary/aromatic N) is 3. The van der Waals surface area contributed by atoms with Gasteiger partial charge in [-0.3, -0.25) is 0 Å². The number of halogens is 3. The first kappa shape index (κ1) is 14.6. The topological polar surface area (TPSA) is 49.2 Å². The molecule has 1 saturated carbocycles. The Bertz CT molecular complexity index is 505. The van der Waals surface area contributed by atoms with Gasteiger partial charge in [0.05, 0.1) is 5.60 Å². The summed E-state index contributed by atoms with van der Waals surface area (Å²) < 4.78 is 37.5. The first-order valence-electron chi connectivity index (χ1n) is 7.27. The van der Waals surface area contributed by atoms with Crippen molar-refractivity contribution < 1.29 is 18.3 Å². The van der Waals surface area contributed by atoms with E-state index in [-0.39, 0.29) is 5.92 Å². The van der Waals surface area contributed by atoms with Crippen molar-refractivity contribution in [3.63, 3.8) is 0 Å². The molecule has 2 aliphatic rings. The molecule has 1 aliphatic carbocycles. The molecule has 4 nitrogen and oxygen atoms in total. The van der Waals surface area contributed by atoms with E-state index < -0.39 is 17.5 Å². The number of hydrogen-bond acceptors (Lipinski definition) is 4. The van der Waals surface area contributed by atoms with E-state index in [0.717, 1.165) is 31.7 Å². The maximum atomic E-state index is 12.5. The first-order valence-corrected chi connectivity index (χ1v) is 7.27. The van der Waals surface area contributed by atoms with Crippen molar-refractivity contribution >= 4 is 5.82 Å². The van der Waals surface area contributed by atoms with Crippen LogP contribution in [0.4, 0.5) is 19.0 Å². The van der Waals surface area contributed by atoms with E-state index in [2.05, 4.69) is 10.2 Å². The van der Waals surface area contributed by atoms with E-state index in [9.17, 15) is 18.3 Å². The molecule has 21 heavy (non-hydrogen) atoms. The van der Waals surface area contributed by atoms with Crippen LogP contribution in [0.15, 0.2) is 12.1 Å². The molecule has 1 aromatic rings. The molecule has 1 aromatic heterocycles. The number of aromatic nitrogens is 2. The quantitative estimate of drug-likeness (QED) is 0.866. The molecule has 0 radical (unpaired) electrons. The van der Waals surface area contributed by atoms with E-state index in [0.29, 0.717) is 25.3 Å². The van der Waals surface area contributed by atoms with Crippen molar-refractivity contribution in [2.24, 2.45) is 5.92 Å². The molecule has 2 atom stereocenters. The van der Waals surface area contributed by atoms with Gasteiger partial charge in [-0.25, -0.2) is 0 Å². The summed E-state index contributed by atoms with van der Waals surface area (Å²) in [6.07, 6.45) is 0.106. The molecule has 2 unspecified atom stereocenters. The Hall–Kier alpha value is -1.37. The predicted molar refractivity (Wildman–Crippen MR) is 70.8 cm³/mol. The Morgan fingerprint density at radius 3 is 2.67 bits per heavy atom. The summed E-state index contributed by atoms with van der Waals surface area (Å²) in [6, 6.07) is 2.33. The third-order valence-electron chi connectivity index (χ3n) is 4.69. The maximum absolute atomic E-state index is 12.5. The molecule has 1 N–H and O–H groups in total. The van der Waals surface area contributed by atoms with Crippen molar-refractivity contribution in [3.8, 4) is 0 Å². The lowest BCUT2D eigenvalue weighted by atomic mass is 9.71. The molecule has 0 aromatic carbocycles. The van der Waals surface area contributed by atoms with Gasteiger partial charge < -0.3 is 10.0 Å². The van der Waals surface area contributed by atoms with Gasteiger partial charge in [-0.05, 0) is 31.4 Å². The van der Waals surface area contributed by atoms with Crippen LogP contribution in [0.3, 0.4) is 0 Å². The molecular formula is C14H18F3N3O. The summed E-state index contributed by atoms with van der Waals surface area (Å²) in [5.74, 6) is 0.625. The average molecular weight is 301 g/mol. The van der Waals surface area contributed by atoms with Gasteiger partial charge in [0.15, 0.2) is 11.5 Å². The summed E-state index contributed by atoms with van der Waals surface area (Å²) in [5, 5.41) is 17.6. The number of aliphatic hydroxyl groups is 1. The monoisotopic (exact) mass is 301 g/mol. The zero-order valence-electron chi connectivity index (χ0n) is 11.6. The molecular weight excluding hydrogens is 283 g/mol. The second kappa shape index (κ2) is 5.12. The number of piperidine rings is 1. The Morgan fingerprint density at radius 1 is 1.19 bits per heavy atom. The van der Waals surface area contributed by atoms with Gasteiger partial charge in [-0.15, -0.1) is 10.2 Å². The third-order valence-corrected chi connectivity index (χ3v) is 4.69. The second-order valence-corrected chi connectivity index (χ2v) is 6.02. The molecule has 2 fully saturated rings. The van der Waals surface area contributed by atoms with Gasteiger partial charge in [0.2, 0.25) is 0 Å². The summed E-state index contributed by atoms with van der Waals surface area (Å²) in [5.41, 5.74) is -1.58. The molecule has 2 heterocycles. The van der Waals surface area contributed by atoms with Crippen molar-refractivity contribution in [1.82, 2.24) is 10.2 Å². The molecule has 116 valence electrons. The van der Waals surface area contributed by atoms with Gasteiger partial charge in [0.1, 0.15) is 0 Å². The Balaban J connectivity index is 1.73. The summed E-state index contributed by atoms with van der Waals surface area (Å²) in [7, 11) is 0. The molecule has 7 heteroatoms. The number of hydrogen-bond donors (Lipinski definition) is 1. The average Bonchev–Trinajstić information content (AvgIpc) is 2.45. The van der Waals surface area contributed by atoms with Gasteiger partial charge in [0.25, 0.3) is 0 Å². The largest absolute Gasteiger partial charge is 0.435 e. The van der Waals surface area contributed by atoms with Gasteiger partial charge in [-0.2, -0.15) is 13.2 Å². The second-order valence-electron chi connectivity index (χ2n) is 6.02. The Labute approximate surface area is 121 Å². The van der Waals surface area contributed by atoms with Crippen LogP contribution in [0.1, 0.15) is 37.8 Å². The normalized spacial score (nSPS) is 30.1. The smallest absolute Gasteiger partial charge is 0.389 e. The van der Waals surface area contributed by atoms with Crippen LogP contribution in [0.5, 0.6) is 0 Å². The van der Waals surface area contributed by atoms with Gasteiger partial charge in [-0.1, -0.05) is 12.8 Å². The molecule has 0 spiro atoms. The van der Waals surface area contributed by atoms with Crippen molar-refractivity contribution in [1.29, 1.82) is 0 Å². The van der Waals surface area contributed by atoms with Crippen LogP contribution in [0, 0.1) is 5.92 Å². The van der Waals surface area contributed by atoms with Gasteiger partial charge >= 0.3 is 6.18 Å². The third kappa shape index (κ3) is 2.84. The summed E-state index contributed by atoms with van der Waals surface area (Å²) in [6.45, 7) is 1.24. The molecule has 3 rings (SSSR count). The number of alkyl halides is 3. The Morgan fingerprint density at radius 2 is 2.00 bits per heavy atom. The van der Waals surface area contributed by atoms with Crippen LogP contribution < -0.4 is 4.90 Å². The van der Waals surface area contributed by atoms with Crippen molar-refractivity contribution in [2.45, 2.75) is 43.9 Å². The molecule has 1 aliphatic heterocycles. The minimum Gasteiger partial charge on any atom is -0.389 e. The van der Waals surface area contributed by atoms with E-state index in [1.165, 1.54) is 6.07 Å². The minimum atomic E-state index is -4.46. The SMILES string of the molecule is OC12CCCCC1CN(c1ccc(C(F)(F)F)nn1)CC2. The van der Waals surface area contributed by atoms with Crippen LogP contribution in [-0.2, 0) is 6.18 Å². The number of rotatable bonds is 1. The number of anilines is 1. The van der Waals surface area contributed by atoms with E-state index in [1.54, 1.807) is 0 Å². The van der Waals surface area contributed by atoms with Crippen LogP contribution in [-0.4, -0.2) is 34.0 Å². The fraction of sp³-hybridized carbons (Fsp3) is 0.714. The predicted octanol–water partition coefficient (Wildman–Crippen LogP) is 2.63. The van der Waals surface area contributed by atoms with Crippen molar-refractivity contribution in [3.05, 3.63) is 17.8 Å². The highest BCUT2D eigenvalue weighted by atomic mass is 19.4. The zero-order chi connectivity index (χ0) is 15.1. The first-order chi connectivity index (χ1) is 9.88. The molecule has 0 bridgehead atoms. The highest BCUT2D eigenvalue weighted by Gasteiger charge is 2.43. The standard InChI is InChI=1S/C14H18F3N3O/c15-14(16,17)11-4-5-12(19-18-11)20-8-7-13(21)6-2-1-3-10(13)9-20/h4-5,10,21H,1-3,6-9H2. The molecule has 0 amide bonds. The van der Waals surface area contributed by atoms with E-state index in [4.69, 9.17) is 0 Å². The highest BCUT2D eigenvalue weighted by Crippen LogP contribution is 2.40. The number of fused-ring (bicyclic) bond motifs is 1. The van der Waals surface area contributed by atoms with Crippen LogP contribution >= 0.6 is 0 Å². The summed E-state index contributed by atoms with van der Waals surface area (Å²) >= 11 is 0. The lowest BCUT2D eigenvalue weighted by molar-refractivity contribution is -0.141. The van der Waals surface area contributed by atoms with E-state index >= 15 is 0 Å². The maximum Gasteiger partial charge on any atom is 0.435 e. The Kier molecular flexibility index (Phi) is 3.55. The fourth-order valence-corrected chi connectivity index (χ4v) is 3.42. The zero-order valence-corrected chi connectivity index (χ0v) is 11.6. The van der Waals surface area contributed by atoms with Crippen molar-refractivity contribution in [2.75, 3.05) is 18.0 Å². The minimum absolute atomic E-state index is 0.170.